The minimum Gasteiger partial charge on any atom is -0.480 e. The van der Waals surface area contributed by atoms with Gasteiger partial charge in [0.15, 0.2) is 0 Å². The van der Waals surface area contributed by atoms with Gasteiger partial charge in [-0.3, -0.25) is 4.79 Å². The summed E-state index contributed by atoms with van der Waals surface area (Å²) in [6, 6.07) is -1.46. The molecule has 1 heterocycles. The molecule has 0 spiro atoms. The summed E-state index contributed by atoms with van der Waals surface area (Å²) in [4.78, 5) is 36.0. The standard InChI is InChI=1S/C13H23N3O5/c1-2-3-10(12(18)19)15-13(20)14-5-4-11(17)16-6-8-21-9-7-16/h10H,2-9H2,1H3,(H,18,19)(H2,14,15,20). The van der Waals surface area contributed by atoms with E-state index in [9.17, 15) is 14.4 Å². The second-order valence-corrected chi connectivity index (χ2v) is 4.82. The predicted molar refractivity (Wildman–Crippen MR) is 74.9 cm³/mol. The topological polar surface area (TPSA) is 108 Å². The van der Waals surface area contributed by atoms with Crippen LogP contribution >= 0.6 is 0 Å². The first kappa shape index (κ1) is 17.2. The van der Waals surface area contributed by atoms with Crippen LogP contribution in [0, 0.1) is 0 Å². The van der Waals surface area contributed by atoms with Crippen molar-refractivity contribution < 1.29 is 24.2 Å². The fourth-order valence-electron chi connectivity index (χ4n) is 2.01. The maximum atomic E-state index is 11.8. The van der Waals surface area contributed by atoms with Gasteiger partial charge in [-0.05, 0) is 6.42 Å². The molecule has 0 aromatic heterocycles. The SMILES string of the molecule is CCCC(NC(=O)NCCC(=O)N1CCOCC1)C(=O)O. The van der Waals surface area contributed by atoms with E-state index in [0.29, 0.717) is 39.1 Å². The van der Waals surface area contributed by atoms with Crippen LogP contribution in [-0.4, -0.2) is 66.8 Å². The van der Waals surface area contributed by atoms with Crippen LogP contribution < -0.4 is 10.6 Å². The fraction of sp³-hybridized carbons (Fsp3) is 0.769. The summed E-state index contributed by atoms with van der Waals surface area (Å²) in [5, 5.41) is 13.8. The van der Waals surface area contributed by atoms with Crippen molar-refractivity contribution >= 4 is 17.9 Å². The highest BCUT2D eigenvalue weighted by molar-refractivity contribution is 5.83. The molecule has 0 aromatic carbocycles. The summed E-state index contributed by atoms with van der Waals surface area (Å²) >= 11 is 0. The molecule has 1 rings (SSSR count). The van der Waals surface area contributed by atoms with Crippen molar-refractivity contribution in [3.8, 4) is 0 Å². The lowest BCUT2D eigenvalue weighted by atomic mass is 10.2. The molecular formula is C13H23N3O5. The molecule has 8 heteroatoms. The summed E-state index contributed by atoms with van der Waals surface area (Å²) in [5.41, 5.74) is 0. The summed E-state index contributed by atoms with van der Waals surface area (Å²) in [6.45, 7) is 4.25. The third kappa shape index (κ3) is 6.44. The molecule has 1 unspecified atom stereocenters. The van der Waals surface area contributed by atoms with Gasteiger partial charge in [-0.1, -0.05) is 13.3 Å². The Bertz CT molecular complexity index is 369. The maximum Gasteiger partial charge on any atom is 0.326 e. The number of hydrogen-bond donors (Lipinski definition) is 3. The number of ether oxygens (including phenoxy) is 1. The van der Waals surface area contributed by atoms with E-state index in [0.717, 1.165) is 0 Å². The third-order valence-corrected chi connectivity index (χ3v) is 3.17. The lowest BCUT2D eigenvalue weighted by molar-refractivity contribution is -0.139. The average Bonchev–Trinajstić information content (AvgIpc) is 2.47. The van der Waals surface area contributed by atoms with Crippen molar-refractivity contribution in [3.63, 3.8) is 0 Å². The number of aliphatic carboxylic acids is 1. The van der Waals surface area contributed by atoms with E-state index in [1.807, 2.05) is 6.92 Å². The van der Waals surface area contributed by atoms with Crippen LogP contribution in [-0.2, 0) is 14.3 Å². The molecule has 0 bridgehead atoms. The molecule has 1 atom stereocenters. The molecule has 8 nitrogen and oxygen atoms in total. The normalized spacial score (nSPS) is 16.1. The Balaban J connectivity index is 2.22. The monoisotopic (exact) mass is 301 g/mol. The van der Waals surface area contributed by atoms with Crippen LogP contribution in [0.1, 0.15) is 26.2 Å². The molecule has 1 saturated heterocycles. The van der Waals surface area contributed by atoms with Crippen LogP contribution in [0.4, 0.5) is 4.79 Å². The molecule has 0 aliphatic carbocycles. The third-order valence-electron chi connectivity index (χ3n) is 3.17. The van der Waals surface area contributed by atoms with Gasteiger partial charge in [0, 0.05) is 26.1 Å². The highest BCUT2D eigenvalue weighted by Gasteiger charge is 2.19. The largest absolute Gasteiger partial charge is 0.480 e. The van der Waals surface area contributed by atoms with Gasteiger partial charge in [-0.25, -0.2) is 9.59 Å². The zero-order valence-electron chi connectivity index (χ0n) is 12.3. The quantitative estimate of drug-likeness (QED) is 0.603. The number of carboxylic acid groups (broad SMARTS) is 1. The minimum atomic E-state index is -1.06. The van der Waals surface area contributed by atoms with Crippen LogP contribution in [0.15, 0.2) is 0 Å². The van der Waals surface area contributed by atoms with Crippen molar-refractivity contribution in [3.05, 3.63) is 0 Å². The first-order chi connectivity index (χ1) is 10.0. The second kappa shape index (κ2) is 9.17. The van der Waals surface area contributed by atoms with Gasteiger partial charge in [-0.2, -0.15) is 0 Å². The first-order valence-corrected chi connectivity index (χ1v) is 7.17. The zero-order valence-corrected chi connectivity index (χ0v) is 12.3. The number of urea groups is 1. The average molecular weight is 301 g/mol. The summed E-state index contributed by atoms with van der Waals surface area (Å²) in [7, 11) is 0. The van der Waals surface area contributed by atoms with E-state index in [2.05, 4.69) is 10.6 Å². The summed E-state index contributed by atoms with van der Waals surface area (Å²) < 4.78 is 5.15. The van der Waals surface area contributed by atoms with Gasteiger partial charge in [0.1, 0.15) is 6.04 Å². The molecule has 3 N–H and O–H groups in total. The van der Waals surface area contributed by atoms with E-state index >= 15 is 0 Å². The van der Waals surface area contributed by atoms with Crippen LogP contribution in [0.25, 0.3) is 0 Å². The van der Waals surface area contributed by atoms with Crippen molar-refractivity contribution in [1.82, 2.24) is 15.5 Å². The fourth-order valence-corrected chi connectivity index (χ4v) is 2.01. The van der Waals surface area contributed by atoms with Crippen molar-refractivity contribution in [2.75, 3.05) is 32.8 Å². The number of amides is 3. The lowest BCUT2D eigenvalue weighted by Crippen LogP contribution is -2.47. The Morgan fingerprint density at radius 3 is 2.52 bits per heavy atom. The smallest absolute Gasteiger partial charge is 0.326 e. The number of carbonyl (C=O) groups is 3. The Kier molecular flexibility index (Phi) is 7.52. The Morgan fingerprint density at radius 1 is 1.29 bits per heavy atom. The number of nitrogens with zero attached hydrogens (tertiary/aromatic N) is 1. The molecular weight excluding hydrogens is 278 g/mol. The molecule has 0 saturated carbocycles. The molecule has 0 radical (unpaired) electrons. The predicted octanol–water partition coefficient (Wildman–Crippen LogP) is -0.212. The van der Waals surface area contributed by atoms with Gasteiger partial charge in [0.05, 0.1) is 13.2 Å². The Morgan fingerprint density at radius 2 is 1.95 bits per heavy atom. The number of hydrogen-bond acceptors (Lipinski definition) is 4. The molecule has 0 aromatic rings. The van der Waals surface area contributed by atoms with E-state index in [4.69, 9.17) is 9.84 Å². The highest BCUT2D eigenvalue weighted by Crippen LogP contribution is 2.00. The van der Waals surface area contributed by atoms with Crippen molar-refractivity contribution in [2.45, 2.75) is 32.2 Å². The molecule has 1 aliphatic rings. The maximum absolute atomic E-state index is 11.8. The van der Waals surface area contributed by atoms with Crippen LogP contribution in [0.2, 0.25) is 0 Å². The first-order valence-electron chi connectivity index (χ1n) is 7.17. The van der Waals surface area contributed by atoms with E-state index in [1.54, 1.807) is 4.90 Å². The summed E-state index contributed by atoms with van der Waals surface area (Å²) in [6.07, 6.45) is 1.22. The van der Waals surface area contributed by atoms with Crippen molar-refractivity contribution in [1.29, 1.82) is 0 Å². The van der Waals surface area contributed by atoms with E-state index in [-0.39, 0.29) is 18.9 Å². The Labute approximate surface area is 123 Å². The Hall–Kier alpha value is -1.83. The molecule has 1 aliphatic heterocycles. The highest BCUT2D eigenvalue weighted by atomic mass is 16.5. The van der Waals surface area contributed by atoms with Crippen LogP contribution in [0.3, 0.4) is 0 Å². The molecule has 21 heavy (non-hydrogen) atoms. The number of rotatable bonds is 7. The van der Waals surface area contributed by atoms with Gasteiger partial charge >= 0.3 is 12.0 Å². The molecule has 1 fully saturated rings. The summed E-state index contributed by atoms with van der Waals surface area (Å²) in [5.74, 6) is -1.10. The lowest BCUT2D eigenvalue weighted by Gasteiger charge is -2.26. The second-order valence-electron chi connectivity index (χ2n) is 4.82. The molecule has 120 valence electrons. The molecule has 3 amide bonds. The number of carboxylic acids is 1. The number of nitrogens with one attached hydrogen (secondary N) is 2. The number of morpholine rings is 1. The van der Waals surface area contributed by atoms with E-state index < -0.39 is 18.0 Å². The van der Waals surface area contributed by atoms with Gasteiger partial charge in [-0.15, -0.1) is 0 Å². The van der Waals surface area contributed by atoms with Crippen molar-refractivity contribution in [2.24, 2.45) is 0 Å². The van der Waals surface area contributed by atoms with E-state index in [1.165, 1.54) is 0 Å². The van der Waals surface area contributed by atoms with Gasteiger partial charge in [0.25, 0.3) is 0 Å². The van der Waals surface area contributed by atoms with Gasteiger partial charge < -0.3 is 25.4 Å². The van der Waals surface area contributed by atoms with Crippen LogP contribution in [0.5, 0.6) is 0 Å². The zero-order chi connectivity index (χ0) is 15.7. The van der Waals surface area contributed by atoms with Gasteiger partial charge in [0.2, 0.25) is 5.91 Å². The minimum absolute atomic E-state index is 0.0399. The number of carbonyl (C=O) groups excluding carboxylic acids is 2.